The third-order valence-electron chi connectivity index (χ3n) is 7.80. The standard InChI is InChI=1S/C28H27NO5/c1-2-3-13-33-18-7-9-19(10-8-18)34-28(32)16-5-4-6-17(14-16)29-26(30)24-20-11-12-21(23-15-22(20)23)25(24)27(29)31/h4-12,14,20-25H,2-3,13,15H2,1H3/t20-,21-,22-,23-,24+,25+/m1/s1. The summed E-state index contributed by atoms with van der Waals surface area (Å²) in [6.45, 7) is 2.75. The number of hydrogen-bond donors (Lipinski definition) is 0. The fourth-order valence-corrected chi connectivity index (χ4v) is 6.09. The predicted molar refractivity (Wildman–Crippen MR) is 125 cm³/mol. The van der Waals surface area contributed by atoms with Crippen molar-refractivity contribution in [1.29, 1.82) is 0 Å². The zero-order chi connectivity index (χ0) is 23.4. The highest BCUT2D eigenvalue weighted by molar-refractivity contribution is 6.23. The van der Waals surface area contributed by atoms with Crippen molar-refractivity contribution < 1.29 is 23.9 Å². The minimum Gasteiger partial charge on any atom is -0.494 e. The fourth-order valence-electron chi connectivity index (χ4n) is 6.09. The number of allylic oxidation sites excluding steroid dienone is 2. The number of rotatable bonds is 7. The Balaban J connectivity index is 1.17. The highest BCUT2D eigenvalue weighted by Crippen LogP contribution is 2.65. The van der Waals surface area contributed by atoms with Gasteiger partial charge in [0.15, 0.2) is 0 Å². The Bertz CT molecular complexity index is 1150. The van der Waals surface area contributed by atoms with Crippen molar-refractivity contribution in [2.75, 3.05) is 11.5 Å². The van der Waals surface area contributed by atoms with E-state index in [0.717, 1.165) is 25.0 Å². The number of unbranched alkanes of at least 4 members (excludes halogenated alkanes) is 1. The summed E-state index contributed by atoms with van der Waals surface area (Å²) in [5.74, 6) is 1.24. The largest absolute Gasteiger partial charge is 0.494 e. The second kappa shape index (κ2) is 8.12. The maximum atomic E-state index is 13.3. The van der Waals surface area contributed by atoms with Crippen LogP contribution in [0, 0.1) is 35.5 Å². The Morgan fingerprint density at radius 1 is 0.941 bits per heavy atom. The van der Waals surface area contributed by atoms with Crippen LogP contribution in [0.3, 0.4) is 0 Å². The molecule has 2 bridgehead atoms. The number of benzene rings is 2. The zero-order valence-corrected chi connectivity index (χ0v) is 19.1. The average molecular weight is 458 g/mol. The Labute approximate surface area is 198 Å². The number of carbonyl (C=O) groups is 3. The van der Waals surface area contributed by atoms with E-state index in [4.69, 9.17) is 9.47 Å². The number of ether oxygens (including phenoxy) is 2. The van der Waals surface area contributed by atoms with Crippen LogP contribution in [-0.2, 0) is 9.59 Å². The Morgan fingerprint density at radius 2 is 1.59 bits per heavy atom. The molecule has 6 nitrogen and oxygen atoms in total. The van der Waals surface area contributed by atoms with Crippen molar-refractivity contribution in [2.24, 2.45) is 35.5 Å². The number of esters is 1. The van der Waals surface area contributed by atoms with Gasteiger partial charge in [0.05, 0.1) is 29.7 Å². The number of imide groups is 1. The highest BCUT2D eigenvalue weighted by atomic mass is 16.5. The van der Waals surface area contributed by atoms with Crippen molar-refractivity contribution in [3.63, 3.8) is 0 Å². The topological polar surface area (TPSA) is 72.9 Å². The van der Waals surface area contributed by atoms with Gasteiger partial charge in [-0.3, -0.25) is 9.59 Å². The van der Waals surface area contributed by atoms with Gasteiger partial charge in [-0.15, -0.1) is 0 Å². The van der Waals surface area contributed by atoms with Crippen molar-refractivity contribution in [3.8, 4) is 11.5 Å². The smallest absolute Gasteiger partial charge is 0.343 e. The molecule has 2 aromatic rings. The van der Waals surface area contributed by atoms with Crippen molar-refractivity contribution in [1.82, 2.24) is 0 Å². The van der Waals surface area contributed by atoms with Crippen LogP contribution in [0.25, 0.3) is 0 Å². The lowest BCUT2D eigenvalue weighted by Crippen LogP contribution is -2.40. The Kier molecular flexibility index (Phi) is 5.05. The third kappa shape index (κ3) is 3.35. The summed E-state index contributed by atoms with van der Waals surface area (Å²) in [7, 11) is 0. The quantitative estimate of drug-likeness (QED) is 0.199. The van der Waals surface area contributed by atoms with Crippen LogP contribution in [0.5, 0.6) is 11.5 Å². The molecule has 1 aliphatic heterocycles. The molecular formula is C28H27NO5. The van der Waals surface area contributed by atoms with Gasteiger partial charge in [0.25, 0.3) is 0 Å². The molecule has 6 atom stereocenters. The molecule has 0 radical (unpaired) electrons. The van der Waals surface area contributed by atoms with Gasteiger partial charge in [-0.1, -0.05) is 31.6 Å². The molecule has 2 saturated carbocycles. The van der Waals surface area contributed by atoms with Crippen LogP contribution >= 0.6 is 0 Å². The number of amides is 2. The summed E-state index contributed by atoms with van der Waals surface area (Å²) in [5.41, 5.74) is 0.729. The van der Waals surface area contributed by atoms with Gasteiger partial charge >= 0.3 is 5.97 Å². The third-order valence-corrected chi connectivity index (χ3v) is 7.80. The maximum Gasteiger partial charge on any atom is 0.343 e. The minimum atomic E-state index is -0.541. The first-order valence-corrected chi connectivity index (χ1v) is 12.2. The van der Waals surface area contributed by atoms with E-state index in [1.165, 1.54) is 4.90 Å². The van der Waals surface area contributed by atoms with Crippen LogP contribution in [0.1, 0.15) is 36.5 Å². The van der Waals surface area contributed by atoms with Gasteiger partial charge in [-0.25, -0.2) is 9.69 Å². The van der Waals surface area contributed by atoms with Crippen molar-refractivity contribution in [3.05, 3.63) is 66.2 Å². The van der Waals surface area contributed by atoms with Crippen LogP contribution in [0.2, 0.25) is 0 Å². The summed E-state index contributed by atoms with van der Waals surface area (Å²) in [6, 6.07) is 13.5. The first kappa shape index (κ1) is 21.1. The molecule has 7 rings (SSSR count). The number of nitrogens with zero attached hydrogens (tertiary/aromatic N) is 1. The van der Waals surface area contributed by atoms with Crippen LogP contribution in [0.15, 0.2) is 60.7 Å². The van der Waals surface area contributed by atoms with E-state index in [1.807, 2.05) is 0 Å². The van der Waals surface area contributed by atoms with E-state index in [9.17, 15) is 14.4 Å². The maximum absolute atomic E-state index is 13.3. The molecule has 3 fully saturated rings. The molecule has 1 heterocycles. The summed E-state index contributed by atoms with van der Waals surface area (Å²) < 4.78 is 11.2. The number of anilines is 1. The van der Waals surface area contributed by atoms with Gasteiger partial charge in [0.1, 0.15) is 11.5 Å². The second-order valence-corrected chi connectivity index (χ2v) is 9.78. The second-order valence-electron chi connectivity index (χ2n) is 9.78. The molecule has 0 spiro atoms. The van der Waals surface area contributed by atoms with E-state index in [2.05, 4.69) is 19.1 Å². The molecule has 174 valence electrons. The van der Waals surface area contributed by atoms with Crippen molar-refractivity contribution >= 4 is 23.5 Å². The molecule has 0 aromatic heterocycles. The van der Waals surface area contributed by atoms with Gasteiger partial charge in [0, 0.05) is 0 Å². The van der Waals surface area contributed by atoms with Gasteiger partial charge < -0.3 is 9.47 Å². The van der Waals surface area contributed by atoms with E-state index < -0.39 is 5.97 Å². The molecule has 0 N–H and O–H groups in total. The van der Waals surface area contributed by atoms with E-state index in [0.29, 0.717) is 35.4 Å². The zero-order valence-electron chi connectivity index (χ0n) is 19.1. The first-order valence-electron chi connectivity index (χ1n) is 12.2. The monoisotopic (exact) mass is 457 g/mol. The molecule has 4 aliphatic carbocycles. The number of carbonyl (C=O) groups excluding carboxylic acids is 3. The summed E-state index contributed by atoms with van der Waals surface area (Å²) in [4.78, 5) is 40.8. The molecule has 34 heavy (non-hydrogen) atoms. The van der Waals surface area contributed by atoms with Crippen LogP contribution in [-0.4, -0.2) is 24.4 Å². The van der Waals surface area contributed by atoms with E-state index in [-0.39, 0.29) is 35.5 Å². The normalized spacial score (nSPS) is 30.2. The molecule has 2 amide bonds. The minimum absolute atomic E-state index is 0.135. The molecule has 6 heteroatoms. The molecule has 2 aromatic carbocycles. The predicted octanol–water partition coefficient (Wildman–Crippen LogP) is 4.64. The highest BCUT2D eigenvalue weighted by Gasteiger charge is 2.67. The SMILES string of the molecule is CCCCOc1ccc(OC(=O)c2cccc(N3C(=O)[C@H]4[C@@H]5C=C[C@H]([C@H]6C[C@H]56)[C@@H]4C3=O)c2)cc1. The first-order chi connectivity index (χ1) is 16.6. The molecular weight excluding hydrogens is 430 g/mol. The lowest BCUT2D eigenvalue weighted by molar-refractivity contribution is -0.124. The van der Waals surface area contributed by atoms with Crippen LogP contribution < -0.4 is 14.4 Å². The number of hydrogen-bond acceptors (Lipinski definition) is 5. The van der Waals surface area contributed by atoms with Crippen molar-refractivity contribution in [2.45, 2.75) is 26.2 Å². The lowest BCUT2D eigenvalue weighted by Gasteiger charge is -2.37. The average Bonchev–Trinajstić information content (AvgIpc) is 3.63. The summed E-state index contributed by atoms with van der Waals surface area (Å²) in [6.07, 6.45) is 7.48. The molecule has 5 aliphatic rings. The summed E-state index contributed by atoms with van der Waals surface area (Å²) in [5, 5.41) is 0. The summed E-state index contributed by atoms with van der Waals surface area (Å²) >= 11 is 0. The van der Waals surface area contributed by atoms with Gasteiger partial charge in [0.2, 0.25) is 11.8 Å². The fraction of sp³-hybridized carbons (Fsp3) is 0.393. The van der Waals surface area contributed by atoms with E-state index in [1.54, 1.807) is 48.5 Å². The van der Waals surface area contributed by atoms with Gasteiger partial charge in [-0.2, -0.15) is 0 Å². The van der Waals surface area contributed by atoms with Crippen LogP contribution in [0.4, 0.5) is 5.69 Å². The molecule has 1 saturated heterocycles. The Morgan fingerprint density at radius 3 is 2.24 bits per heavy atom. The van der Waals surface area contributed by atoms with Gasteiger partial charge in [-0.05, 0) is 79.0 Å². The molecule has 0 unspecified atom stereocenters. The Hall–Kier alpha value is -3.41. The van der Waals surface area contributed by atoms with E-state index >= 15 is 0 Å². The lowest BCUT2D eigenvalue weighted by atomic mass is 9.63.